The van der Waals surface area contributed by atoms with E-state index in [0.29, 0.717) is 17.1 Å². The van der Waals surface area contributed by atoms with E-state index in [-0.39, 0.29) is 6.04 Å². The van der Waals surface area contributed by atoms with Crippen LogP contribution < -0.4 is 11.0 Å². The second-order valence-corrected chi connectivity index (χ2v) is 9.92. The lowest BCUT2D eigenvalue weighted by Crippen LogP contribution is -2.45. The van der Waals surface area contributed by atoms with Gasteiger partial charge in [-0.25, -0.2) is 4.98 Å². The van der Waals surface area contributed by atoms with Crippen LogP contribution in [0.5, 0.6) is 0 Å². The Balaban J connectivity index is 1.60. The average Bonchev–Trinajstić information content (AvgIpc) is 2.67. The Kier molecular flexibility index (Phi) is 6.21. The van der Waals surface area contributed by atoms with Crippen molar-refractivity contribution in [1.82, 2.24) is 14.5 Å². The minimum atomic E-state index is -4.74. The quantitative estimate of drug-likeness (QED) is 0.743. The molecule has 2 aromatic rings. The van der Waals surface area contributed by atoms with Crippen molar-refractivity contribution in [3.63, 3.8) is 0 Å². The molecule has 1 aliphatic carbocycles. The SMILES string of the molecule is O=c1c(P(=O)(O)O)nc2ccccc2n1C1CCN(C2CCCCCCC2)CC1. The number of para-hydroxylation sites is 2. The van der Waals surface area contributed by atoms with Gasteiger partial charge >= 0.3 is 7.60 Å². The molecule has 0 atom stereocenters. The normalized spacial score (nSPS) is 21.2. The molecule has 2 N–H and O–H groups in total. The van der Waals surface area contributed by atoms with E-state index in [1.54, 1.807) is 16.7 Å². The van der Waals surface area contributed by atoms with Crippen LogP contribution in [-0.2, 0) is 4.57 Å². The molecule has 1 aromatic carbocycles. The highest BCUT2D eigenvalue weighted by Gasteiger charge is 2.31. The highest BCUT2D eigenvalue weighted by molar-refractivity contribution is 7.59. The highest BCUT2D eigenvalue weighted by Crippen LogP contribution is 2.33. The van der Waals surface area contributed by atoms with Crippen molar-refractivity contribution in [1.29, 1.82) is 0 Å². The zero-order valence-electron chi connectivity index (χ0n) is 16.7. The third-order valence-corrected chi connectivity index (χ3v) is 7.35. The smallest absolute Gasteiger partial charge is 0.320 e. The number of benzene rings is 1. The first kappa shape index (κ1) is 20.7. The summed E-state index contributed by atoms with van der Waals surface area (Å²) in [5.74, 6) is 0. The average molecular weight is 419 g/mol. The summed E-state index contributed by atoms with van der Waals surface area (Å²) in [6, 6.07) is 7.69. The Bertz CT molecular complexity index is 954. The molecule has 1 aromatic heterocycles. The minimum absolute atomic E-state index is 0.0643. The standard InChI is InChI=1S/C21H30N3O4P/c25-21-20(29(26,27)28)22-18-10-6-7-11-19(18)24(21)17-12-14-23(15-13-17)16-8-4-2-1-3-5-9-16/h6-7,10-11,16-17H,1-5,8-9,12-15H2,(H2,26,27,28). The van der Waals surface area contributed by atoms with Crippen molar-refractivity contribution in [2.24, 2.45) is 0 Å². The Morgan fingerprint density at radius 3 is 2.17 bits per heavy atom. The summed E-state index contributed by atoms with van der Waals surface area (Å²) in [6.45, 7) is 1.84. The van der Waals surface area contributed by atoms with Gasteiger partial charge in [-0.05, 0) is 37.8 Å². The summed E-state index contributed by atoms with van der Waals surface area (Å²) >= 11 is 0. The van der Waals surface area contributed by atoms with E-state index >= 15 is 0 Å². The van der Waals surface area contributed by atoms with Gasteiger partial charge in [0.05, 0.1) is 11.0 Å². The number of hydrogen-bond acceptors (Lipinski definition) is 4. The monoisotopic (exact) mass is 419 g/mol. The van der Waals surface area contributed by atoms with Crippen molar-refractivity contribution < 1.29 is 14.4 Å². The number of rotatable bonds is 3. The maximum atomic E-state index is 13.0. The van der Waals surface area contributed by atoms with Gasteiger partial charge in [0, 0.05) is 25.2 Å². The van der Waals surface area contributed by atoms with Gasteiger partial charge in [0.1, 0.15) is 0 Å². The predicted molar refractivity (Wildman–Crippen MR) is 114 cm³/mol. The summed E-state index contributed by atoms with van der Waals surface area (Å²) < 4.78 is 13.5. The fourth-order valence-electron chi connectivity index (χ4n) is 5.00. The lowest BCUT2D eigenvalue weighted by Gasteiger charge is -2.39. The van der Waals surface area contributed by atoms with Crippen molar-refractivity contribution >= 4 is 24.1 Å². The number of aromatic nitrogens is 2. The molecule has 0 unspecified atom stereocenters. The molecule has 4 rings (SSSR count). The van der Waals surface area contributed by atoms with Gasteiger partial charge in [-0.1, -0.05) is 44.2 Å². The topological polar surface area (TPSA) is 95.7 Å². The van der Waals surface area contributed by atoms with Crippen LogP contribution in [-0.4, -0.2) is 43.4 Å². The molecule has 0 radical (unpaired) electrons. The van der Waals surface area contributed by atoms with Crippen LogP contribution in [0.2, 0.25) is 0 Å². The summed E-state index contributed by atoms with van der Waals surface area (Å²) in [4.78, 5) is 38.8. The first-order chi connectivity index (χ1) is 13.9. The van der Waals surface area contributed by atoms with Gasteiger partial charge in [0.15, 0.2) is 0 Å². The molecule has 0 amide bonds. The molecule has 2 heterocycles. The Labute approximate surface area is 170 Å². The third kappa shape index (κ3) is 4.48. The van der Waals surface area contributed by atoms with Gasteiger partial charge in [0.25, 0.3) is 5.56 Å². The van der Waals surface area contributed by atoms with Crippen LogP contribution in [0.15, 0.2) is 29.1 Å². The molecule has 0 bridgehead atoms. The van der Waals surface area contributed by atoms with Gasteiger partial charge in [0.2, 0.25) is 5.44 Å². The van der Waals surface area contributed by atoms with Crippen molar-refractivity contribution in [2.75, 3.05) is 13.1 Å². The maximum Gasteiger partial charge on any atom is 0.380 e. The number of nitrogens with zero attached hydrogens (tertiary/aromatic N) is 3. The minimum Gasteiger partial charge on any atom is -0.320 e. The summed E-state index contributed by atoms with van der Waals surface area (Å²) in [5.41, 5.74) is -0.188. The van der Waals surface area contributed by atoms with Crippen LogP contribution in [0.4, 0.5) is 0 Å². The molecule has 1 aliphatic heterocycles. The molecule has 2 fully saturated rings. The van der Waals surface area contributed by atoms with E-state index in [4.69, 9.17) is 0 Å². The summed E-state index contributed by atoms with van der Waals surface area (Å²) in [6.07, 6.45) is 10.7. The van der Waals surface area contributed by atoms with Crippen molar-refractivity contribution in [3.8, 4) is 0 Å². The molecule has 158 valence electrons. The van der Waals surface area contributed by atoms with E-state index in [1.807, 2.05) is 12.1 Å². The first-order valence-electron chi connectivity index (χ1n) is 10.8. The molecular formula is C21H30N3O4P. The van der Waals surface area contributed by atoms with Crippen LogP contribution in [0.25, 0.3) is 11.0 Å². The Morgan fingerprint density at radius 2 is 1.52 bits per heavy atom. The molecule has 1 saturated heterocycles. The van der Waals surface area contributed by atoms with Gasteiger partial charge in [-0.15, -0.1) is 0 Å². The lowest BCUT2D eigenvalue weighted by molar-refractivity contribution is 0.116. The van der Waals surface area contributed by atoms with E-state index in [2.05, 4.69) is 9.88 Å². The number of hydrogen-bond donors (Lipinski definition) is 2. The van der Waals surface area contributed by atoms with Gasteiger partial charge in [-0.2, -0.15) is 0 Å². The van der Waals surface area contributed by atoms with Crippen LogP contribution in [0.3, 0.4) is 0 Å². The predicted octanol–water partition coefficient (Wildman–Crippen LogP) is 2.95. The van der Waals surface area contributed by atoms with E-state index in [9.17, 15) is 19.1 Å². The molecule has 29 heavy (non-hydrogen) atoms. The Hall–Kier alpha value is -1.53. The van der Waals surface area contributed by atoms with Gasteiger partial charge in [-0.3, -0.25) is 9.36 Å². The van der Waals surface area contributed by atoms with Crippen LogP contribution >= 0.6 is 7.60 Å². The molecule has 8 heteroatoms. The molecular weight excluding hydrogens is 389 g/mol. The number of likely N-dealkylation sites (tertiary alicyclic amines) is 1. The van der Waals surface area contributed by atoms with Gasteiger partial charge < -0.3 is 19.3 Å². The molecule has 7 nitrogen and oxygen atoms in total. The van der Waals surface area contributed by atoms with Crippen molar-refractivity contribution in [2.45, 2.75) is 69.9 Å². The first-order valence-corrected chi connectivity index (χ1v) is 12.4. The third-order valence-electron chi connectivity index (χ3n) is 6.51. The van der Waals surface area contributed by atoms with E-state index in [1.165, 1.54) is 44.9 Å². The van der Waals surface area contributed by atoms with Crippen LogP contribution in [0, 0.1) is 0 Å². The van der Waals surface area contributed by atoms with E-state index < -0.39 is 18.6 Å². The van der Waals surface area contributed by atoms with Crippen LogP contribution in [0.1, 0.15) is 63.8 Å². The summed E-state index contributed by atoms with van der Waals surface area (Å²) in [7, 11) is -4.74. The van der Waals surface area contributed by atoms with Crippen molar-refractivity contribution in [3.05, 3.63) is 34.6 Å². The highest BCUT2D eigenvalue weighted by atomic mass is 31.2. The maximum absolute atomic E-state index is 13.0. The number of piperidine rings is 1. The van der Waals surface area contributed by atoms with E-state index in [0.717, 1.165) is 25.9 Å². The largest absolute Gasteiger partial charge is 0.380 e. The zero-order valence-corrected chi connectivity index (χ0v) is 17.6. The fraction of sp³-hybridized carbons (Fsp3) is 0.619. The zero-order chi connectivity index (χ0) is 20.4. The summed E-state index contributed by atoms with van der Waals surface area (Å²) in [5, 5.41) is 0. The fourth-order valence-corrected chi connectivity index (χ4v) is 5.60. The second-order valence-electron chi connectivity index (χ2n) is 8.41. The number of fused-ring (bicyclic) bond motifs is 1. The second kappa shape index (κ2) is 8.68. The lowest BCUT2D eigenvalue weighted by atomic mass is 9.93. The molecule has 2 aliphatic rings. The Morgan fingerprint density at radius 1 is 0.897 bits per heavy atom. The molecule has 0 spiro atoms. The molecule has 1 saturated carbocycles.